The van der Waals surface area contributed by atoms with Gasteiger partial charge in [-0.1, -0.05) is 12.7 Å². The van der Waals surface area contributed by atoms with Crippen LogP contribution in [0.15, 0.2) is 47.1 Å². The molecule has 1 spiro atoms. The molecule has 1 aromatic rings. The van der Waals surface area contributed by atoms with Crippen LogP contribution in [-0.2, 0) is 40.0 Å². The Balaban J connectivity index is 0.000000144. The Morgan fingerprint density at radius 1 is 1.30 bits per heavy atom. The van der Waals surface area contributed by atoms with Gasteiger partial charge in [0.1, 0.15) is 30.0 Å². The molecule has 0 saturated carbocycles. The van der Waals surface area contributed by atoms with Crippen LogP contribution in [0, 0.1) is 5.41 Å². The third-order valence-corrected chi connectivity index (χ3v) is 5.15. The summed E-state index contributed by atoms with van der Waals surface area (Å²) < 4.78 is 19.4. The van der Waals surface area contributed by atoms with Gasteiger partial charge >= 0.3 is 23.9 Å². The van der Waals surface area contributed by atoms with Gasteiger partial charge in [0.05, 0.1) is 25.2 Å². The second-order valence-corrected chi connectivity index (χ2v) is 7.12. The Labute approximate surface area is 170 Å². The van der Waals surface area contributed by atoms with Crippen molar-refractivity contribution in [2.45, 2.75) is 37.6 Å². The van der Waals surface area contributed by atoms with Crippen molar-refractivity contribution in [2.75, 3.05) is 6.61 Å². The van der Waals surface area contributed by atoms with Gasteiger partial charge in [-0.2, -0.15) is 0 Å². The van der Waals surface area contributed by atoms with E-state index in [-0.39, 0.29) is 37.7 Å². The number of aliphatic hydroxyl groups excluding tert-OH is 1. The van der Waals surface area contributed by atoms with Crippen molar-refractivity contribution < 1.29 is 48.0 Å². The summed E-state index contributed by atoms with van der Waals surface area (Å²) in [5.41, 5.74) is -1.55. The van der Waals surface area contributed by atoms with Gasteiger partial charge in [0, 0.05) is 5.57 Å². The number of carbonyl (C=O) groups is 4. The number of fused-ring (bicyclic) bond motifs is 1. The Morgan fingerprint density at radius 2 is 2.07 bits per heavy atom. The monoisotopic (exact) mass is 420 g/mol. The van der Waals surface area contributed by atoms with Crippen molar-refractivity contribution in [1.82, 2.24) is 0 Å². The van der Waals surface area contributed by atoms with Crippen molar-refractivity contribution in [3.05, 3.63) is 48.5 Å². The molecule has 0 aliphatic carbocycles. The predicted molar refractivity (Wildman–Crippen MR) is 96.5 cm³/mol. The van der Waals surface area contributed by atoms with Gasteiger partial charge in [0.25, 0.3) is 0 Å². The van der Waals surface area contributed by atoms with Gasteiger partial charge in [-0.05, 0) is 24.6 Å². The van der Waals surface area contributed by atoms with Crippen LogP contribution in [0.4, 0.5) is 0 Å². The fourth-order valence-corrected chi connectivity index (χ4v) is 3.71. The molecule has 4 aliphatic rings. The molecule has 5 heterocycles. The van der Waals surface area contributed by atoms with E-state index in [0.29, 0.717) is 12.2 Å². The number of esters is 3. The van der Waals surface area contributed by atoms with E-state index in [2.05, 4.69) is 11.3 Å². The molecule has 4 aliphatic heterocycles. The fraction of sp³-hybridized carbons (Fsp3) is 0.400. The molecule has 2 N–H and O–H groups in total. The summed E-state index contributed by atoms with van der Waals surface area (Å²) in [6.07, 6.45) is 5.33. The SMILES string of the molecule is C=C1CC(=O)OC1=O.O=C(O)CC12CC3C=CC1(COC2=O)O3.OCc1ccco1. The van der Waals surface area contributed by atoms with Crippen LogP contribution in [0.25, 0.3) is 0 Å². The molecule has 160 valence electrons. The summed E-state index contributed by atoms with van der Waals surface area (Å²) in [4.78, 5) is 42.9. The van der Waals surface area contributed by atoms with E-state index in [1.165, 1.54) is 6.26 Å². The third kappa shape index (κ3) is 3.91. The molecule has 2 bridgehead atoms. The smallest absolute Gasteiger partial charge is 0.341 e. The molecule has 3 fully saturated rings. The van der Waals surface area contributed by atoms with Gasteiger partial charge < -0.3 is 28.8 Å². The van der Waals surface area contributed by atoms with Crippen molar-refractivity contribution in [2.24, 2.45) is 5.41 Å². The van der Waals surface area contributed by atoms with E-state index in [9.17, 15) is 19.2 Å². The molecule has 3 unspecified atom stereocenters. The standard InChI is InChI=1S/C10H10O5.C5H4O3.C5H6O2/c11-7(12)4-9-3-6-1-2-10(9,15-6)5-14-8(9)13;1-3-2-4(6)8-5(3)7;6-4-5-2-1-3-7-5/h1-2,6H,3-5H2,(H,11,12);1-2H2;1-3,6H,4H2. The van der Waals surface area contributed by atoms with Crippen molar-refractivity contribution in [3.8, 4) is 0 Å². The second kappa shape index (κ2) is 8.25. The molecular weight excluding hydrogens is 400 g/mol. The average molecular weight is 420 g/mol. The molecule has 0 radical (unpaired) electrons. The first kappa shape index (κ1) is 21.5. The van der Waals surface area contributed by atoms with Gasteiger partial charge in [-0.15, -0.1) is 0 Å². The van der Waals surface area contributed by atoms with E-state index in [1.54, 1.807) is 18.2 Å². The quantitative estimate of drug-likeness (QED) is 0.312. The van der Waals surface area contributed by atoms with E-state index >= 15 is 0 Å². The molecule has 3 atom stereocenters. The van der Waals surface area contributed by atoms with Crippen molar-refractivity contribution >= 4 is 23.9 Å². The molecule has 0 aromatic carbocycles. The highest BCUT2D eigenvalue weighted by Gasteiger charge is 2.70. The third-order valence-electron chi connectivity index (χ3n) is 5.15. The molecule has 3 saturated heterocycles. The Bertz CT molecular complexity index is 881. The molecule has 30 heavy (non-hydrogen) atoms. The minimum absolute atomic E-state index is 0.00694. The van der Waals surface area contributed by atoms with Crippen LogP contribution >= 0.6 is 0 Å². The number of hydrogen-bond acceptors (Lipinski definition) is 9. The van der Waals surface area contributed by atoms with Gasteiger partial charge in [0.15, 0.2) is 0 Å². The molecule has 10 nitrogen and oxygen atoms in total. The van der Waals surface area contributed by atoms with Crippen molar-refractivity contribution in [1.29, 1.82) is 0 Å². The number of hydrogen-bond donors (Lipinski definition) is 2. The molecule has 1 aromatic heterocycles. The number of aliphatic carboxylic acids is 1. The number of carboxylic acids is 1. The molecule has 0 amide bonds. The highest BCUT2D eigenvalue weighted by molar-refractivity contribution is 6.05. The number of carbonyl (C=O) groups excluding carboxylic acids is 3. The Kier molecular flexibility index (Phi) is 5.90. The minimum Gasteiger partial charge on any atom is -0.481 e. The van der Waals surface area contributed by atoms with Crippen LogP contribution in [0.1, 0.15) is 25.0 Å². The summed E-state index contributed by atoms with van der Waals surface area (Å²) in [5, 5.41) is 17.2. The zero-order chi connectivity index (χ0) is 21.9. The van der Waals surface area contributed by atoms with E-state index in [4.69, 9.17) is 24.1 Å². The summed E-state index contributed by atoms with van der Waals surface area (Å²) >= 11 is 0. The average Bonchev–Trinajstić information content (AvgIpc) is 3.47. The lowest BCUT2D eigenvalue weighted by Gasteiger charge is -2.29. The fourth-order valence-electron chi connectivity index (χ4n) is 3.71. The largest absolute Gasteiger partial charge is 0.481 e. The number of aliphatic hydroxyl groups is 1. The summed E-state index contributed by atoms with van der Waals surface area (Å²) in [6, 6.07) is 3.46. The highest BCUT2D eigenvalue weighted by atomic mass is 16.6. The second-order valence-electron chi connectivity index (χ2n) is 7.12. The Morgan fingerprint density at radius 3 is 2.50 bits per heavy atom. The maximum atomic E-state index is 11.7. The normalized spacial score (nSPS) is 30.1. The van der Waals surface area contributed by atoms with Crippen LogP contribution in [0.5, 0.6) is 0 Å². The first-order valence-corrected chi connectivity index (χ1v) is 9.03. The van der Waals surface area contributed by atoms with Gasteiger partial charge in [0.2, 0.25) is 0 Å². The lowest BCUT2D eigenvalue weighted by molar-refractivity contribution is -0.153. The molecule has 10 heteroatoms. The summed E-state index contributed by atoms with van der Waals surface area (Å²) in [5.74, 6) is -1.90. The topological polar surface area (TPSA) is 150 Å². The number of carboxylic acid groups (broad SMARTS) is 1. The van der Waals surface area contributed by atoms with Crippen LogP contribution in [-0.4, -0.2) is 52.4 Å². The summed E-state index contributed by atoms with van der Waals surface area (Å²) in [6.45, 7) is 3.43. The predicted octanol–water partition coefficient (Wildman–Crippen LogP) is 0.890. The highest BCUT2D eigenvalue weighted by Crippen LogP contribution is 2.58. The minimum atomic E-state index is -0.988. The lowest BCUT2D eigenvalue weighted by atomic mass is 9.68. The molecule has 5 rings (SSSR count). The zero-order valence-corrected chi connectivity index (χ0v) is 15.9. The number of furan rings is 1. The van der Waals surface area contributed by atoms with Gasteiger partial charge in [-0.25, -0.2) is 4.79 Å². The summed E-state index contributed by atoms with van der Waals surface area (Å²) in [7, 11) is 0. The lowest BCUT2D eigenvalue weighted by Crippen LogP contribution is -2.45. The number of rotatable bonds is 3. The van der Waals surface area contributed by atoms with Crippen molar-refractivity contribution in [3.63, 3.8) is 0 Å². The van der Waals surface area contributed by atoms with Crippen LogP contribution in [0.2, 0.25) is 0 Å². The Hall–Kier alpha value is -3.24. The van der Waals surface area contributed by atoms with Crippen LogP contribution < -0.4 is 0 Å². The maximum Gasteiger partial charge on any atom is 0.341 e. The number of cyclic esters (lactones) is 3. The number of ether oxygens (including phenoxy) is 3. The van der Waals surface area contributed by atoms with E-state index in [0.717, 1.165) is 0 Å². The first-order valence-electron chi connectivity index (χ1n) is 9.03. The maximum absolute atomic E-state index is 11.7. The van der Waals surface area contributed by atoms with E-state index < -0.39 is 34.9 Å². The van der Waals surface area contributed by atoms with Crippen LogP contribution in [0.3, 0.4) is 0 Å². The van der Waals surface area contributed by atoms with E-state index in [1.807, 2.05) is 6.08 Å². The molecular formula is C20H20O10. The first-order chi connectivity index (χ1) is 14.2. The zero-order valence-electron chi connectivity index (χ0n) is 15.9. The van der Waals surface area contributed by atoms with Gasteiger partial charge in [-0.3, -0.25) is 14.4 Å².